The predicted octanol–water partition coefficient (Wildman–Crippen LogP) is 3.50. The molecule has 0 saturated carbocycles. The van der Waals surface area contributed by atoms with Crippen LogP contribution in [0.4, 0.5) is 5.69 Å². The maximum absolute atomic E-state index is 12.4. The molecule has 7 heteroatoms. The Kier molecular flexibility index (Phi) is 5.61. The summed E-state index contributed by atoms with van der Waals surface area (Å²) in [5.74, 6) is -0.594. The van der Waals surface area contributed by atoms with Gasteiger partial charge in [-0.2, -0.15) is 0 Å². The molecule has 0 aliphatic carbocycles. The number of furan rings is 1. The molecule has 0 bridgehead atoms. The number of amides is 1. The fourth-order valence-electron chi connectivity index (χ4n) is 2.72. The van der Waals surface area contributed by atoms with E-state index in [1.54, 1.807) is 13.0 Å². The molecule has 3 rings (SSSR count). The van der Waals surface area contributed by atoms with E-state index < -0.39 is 18.0 Å². The summed E-state index contributed by atoms with van der Waals surface area (Å²) in [7, 11) is 1.52. The molecule has 1 heterocycles. The van der Waals surface area contributed by atoms with Crippen LogP contribution in [0.25, 0.3) is 21.9 Å². The molecule has 0 aliphatic rings. The van der Waals surface area contributed by atoms with Crippen LogP contribution >= 0.6 is 0 Å². The topological polar surface area (TPSA) is 87.0 Å². The molecule has 1 atom stereocenters. The quantitative estimate of drug-likeness (QED) is 0.640. The second kappa shape index (κ2) is 8.09. The normalized spacial score (nSPS) is 12.1. The van der Waals surface area contributed by atoms with Gasteiger partial charge in [-0.1, -0.05) is 18.2 Å². The van der Waals surface area contributed by atoms with Crippen molar-refractivity contribution in [1.29, 1.82) is 0 Å². The lowest BCUT2D eigenvalue weighted by Gasteiger charge is -2.15. The van der Waals surface area contributed by atoms with Gasteiger partial charge in [0.15, 0.2) is 6.10 Å². The van der Waals surface area contributed by atoms with E-state index in [4.69, 9.17) is 18.6 Å². The minimum Gasteiger partial charge on any atom is -0.495 e. The molecule has 142 valence electrons. The van der Waals surface area contributed by atoms with Crippen molar-refractivity contribution in [1.82, 2.24) is 0 Å². The van der Waals surface area contributed by atoms with E-state index in [2.05, 4.69) is 5.32 Å². The standard InChI is InChI=1S/C20H21NO6/c1-4-25-11-19(22)26-12(2)20(23)21-15-10-17-14(9-18(15)24-3)13-7-5-6-8-16(13)27-17/h5-10,12H,4,11H2,1-3H3,(H,21,23)/t12-/m0/s1. The van der Waals surface area contributed by atoms with Crippen molar-refractivity contribution in [3.8, 4) is 5.75 Å². The average molecular weight is 371 g/mol. The minimum atomic E-state index is -0.978. The smallest absolute Gasteiger partial charge is 0.332 e. The van der Waals surface area contributed by atoms with Crippen LogP contribution in [0.2, 0.25) is 0 Å². The summed E-state index contributed by atoms with van der Waals surface area (Å²) >= 11 is 0. The fourth-order valence-corrected chi connectivity index (χ4v) is 2.72. The maximum Gasteiger partial charge on any atom is 0.332 e. The van der Waals surface area contributed by atoms with Crippen LogP contribution in [0.15, 0.2) is 40.8 Å². The summed E-state index contributed by atoms with van der Waals surface area (Å²) in [6.45, 7) is 3.46. The van der Waals surface area contributed by atoms with Gasteiger partial charge in [-0.3, -0.25) is 4.79 Å². The van der Waals surface area contributed by atoms with Crippen molar-refractivity contribution in [2.24, 2.45) is 0 Å². The van der Waals surface area contributed by atoms with Gasteiger partial charge in [0.05, 0.1) is 12.8 Å². The Bertz CT molecular complexity index is 977. The molecule has 1 N–H and O–H groups in total. The van der Waals surface area contributed by atoms with Gasteiger partial charge in [0.2, 0.25) is 0 Å². The Hall–Kier alpha value is -3.06. The minimum absolute atomic E-state index is 0.192. The van der Waals surface area contributed by atoms with Gasteiger partial charge in [0, 0.05) is 23.4 Å². The molecule has 27 heavy (non-hydrogen) atoms. The van der Waals surface area contributed by atoms with Gasteiger partial charge < -0.3 is 23.9 Å². The summed E-state index contributed by atoms with van der Waals surface area (Å²) in [4.78, 5) is 24.0. The molecule has 1 aromatic heterocycles. The molecular formula is C20H21NO6. The number of nitrogens with one attached hydrogen (secondary N) is 1. The SMILES string of the molecule is CCOCC(=O)O[C@@H](C)C(=O)Nc1cc2oc3ccccc3c2cc1OC. The number of carbonyl (C=O) groups excluding carboxylic acids is 2. The third-order valence-corrected chi connectivity index (χ3v) is 4.06. The summed E-state index contributed by atoms with van der Waals surface area (Å²) < 4.78 is 21.3. The molecule has 0 spiro atoms. The zero-order valence-electron chi connectivity index (χ0n) is 15.4. The van der Waals surface area contributed by atoms with Crippen molar-refractivity contribution in [3.05, 3.63) is 36.4 Å². The Morgan fingerprint density at radius 2 is 1.93 bits per heavy atom. The monoisotopic (exact) mass is 371 g/mol. The number of hydrogen-bond donors (Lipinski definition) is 1. The number of esters is 1. The third kappa shape index (κ3) is 4.03. The molecule has 7 nitrogen and oxygen atoms in total. The Labute approximate surface area is 156 Å². The maximum atomic E-state index is 12.4. The van der Waals surface area contributed by atoms with E-state index >= 15 is 0 Å². The highest BCUT2D eigenvalue weighted by Gasteiger charge is 2.20. The Morgan fingerprint density at radius 3 is 2.67 bits per heavy atom. The fraction of sp³-hybridized carbons (Fsp3) is 0.300. The Balaban J connectivity index is 1.82. The van der Waals surface area contributed by atoms with Crippen LogP contribution in [0, 0.1) is 0 Å². The van der Waals surface area contributed by atoms with Gasteiger partial charge in [0.1, 0.15) is 23.5 Å². The number of rotatable bonds is 7. The van der Waals surface area contributed by atoms with Crippen LogP contribution in [0.1, 0.15) is 13.8 Å². The molecule has 0 saturated heterocycles. The first-order valence-electron chi connectivity index (χ1n) is 8.60. The second-order valence-corrected chi connectivity index (χ2v) is 5.91. The number of carbonyl (C=O) groups is 2. The lowest BCUT2D eigenvalue weighted by molar-refractivity contribution is -0.157. The van der Waals surface area contributed by atoms with Crippen LogP contribution in [-0.4, -0.2) is 38.3 Å². The highest BCUT2D eigenvalue weighted by Crippen LogP contribution is 2.36. The molecule has 0 unspecified atom stereocenters. The van der Waals surface area contributed by atoms with Crippen molar-refractivity contribution in [2.45, 2.75) is 20.0 Å². The van der Waals surface area contributed by atoms with Crippen LogP contribution in [0.5, 0.6) is 5.75 Å². The molecule has 1 amide bonds. The van der Waals surface area contributed by atoms with Gasteiger partial charge in [0.25, 0.3) is 5.91 Å². The van der Waals surface area contributed by atoms with E-state index in [1.165, 1.54) is 14.0 Å². The van der Waals surface area contributed by atoms with E-state index in [9.17, 15) is 9.59 Å². The summed E-state index contributed by atoms with van der Waals surface area (Å²) in [5, 5.41) is 4.56. The summed E-state index contributed by atoms with van der Waals surface area (Å²) in [5.41, 5.74) is 1.80. The first-order chi connectivity index (χ1) is 13.0. The van der Waals surface area contributed by atoms with E-state index in [1.807, 2.05) is 30.3 Å². The lowest BCUT2D eigenvalue weighted by Crippen LogP contribution is -2.31. The van der Waals surface area contributed by atoms with E-state index in [0.29, 0.717) is 23.6 Å². The zero-order chi connectivity index (χ0) is 19.4. The van der Waals surface area contributed by atoms with Crippen molar-refractivity contribution >= 4 is 39.5 Å². The van der Waals surface area contributed by atoms with Gasteiger partial charge in [-0.05, 0) is 26.0 Å². The molecule has 3 aromatic rings. The first kappa shape index (κ1) is 18.7. The van der Waals surface area contributed by atoms with Crippen LogP contribution in [-0.2, 0) is 19.1 Å². The van der Waals surface area contributed by atoms with E-state index in [0.717, 1.165) is 16.4 Å². The third-order valence-electron chi connectivity index (χ3n) is 4.06. The molecule has 2 aromatic carbocycles. The summed E-state index contributed by atoms with van der Waals surface area (Å²) in [6.07, 6.45) is -0.978. The summed E-state index contributed by atoms with van der Waals surface area (Å²) in [6, 6.07) is 11.2. The van der Waals surface area contributed by atoms with Crippen LogP contribution in [0.3, 0.4) is 0 Å². The first-order valence-corrected chi connectivity index (χ1v) is 8.60. The number of ether oxygens (including phenoxy) is 3. The largest absolute Gasteiger partial charge is 0.495 e. The number of para-hydroxylation sites is 1. The number of fused-ring (bicyclic) bond motifs is 3. The number of benzene rings is 2. The zero-order valence-corrected chi connectivity index (χ0v) is 15.4. The van der Waals surface area contributed by atoms with Crippen molar-refractivity contribution < 1.29 is 28.2 Å². The van der Waals surface area contributed by atoms with Crippen molar-refractivity contribution in [2.75, 3.05) is 25.6 Å². The highest BCUT2D eigenvalue weighted by atomic mass is 16.6. The average Bonchev–Trinajstić information content (AvgIpc) is 3.02. The van der Waals surface area contributed by atoms with Crippen LogP contribution < -0.4 is 10.1 Å². The molecular weight excluding hydrogens is 350 g/mol. The van der Waals surface area contributed by atoms with Gasteiger partial charge in [-0.25, -0.2) is 4.79 Å². The lowest BCUT2D eigenvalue weighted by atomic mass is 10.1. The van der Waals surface area contributed by atoms with Gasteiger partial charge >= 0.3 is 5.97 Å². The van der Waals surface area contributed by atoms with Crippen molar-refractivity contribution in [3.63, 3.8) is 0 Å². The Morgan fingerprint density at radius 1 is 1.15 bits per heavy atom. The predicted molar refractivity (Wildman–Crippen MR) is 101 cm³/mol. The second-order valence-electron chi connectivity index (χ2n) is 5.91. The molecule has 0 radical (unpaired) electrons. The number of anilines is 1. The number of methoxy groups -OCH3 is 1. The highest BCUT2D eigenvalue weighted by molar-refractivity contribution is 6.08. The van der Waals surface area contributed by atoms with E-state index in [-0.39, 0.29) is 6.61 Å². The number of hydrogen-bond acceptors (Lipinski definition) is 6. The molecule has 0 fully saturated rings. The molecule has 0 aliphatic heterocycles. The van der Waals surface area contributed by atoms with Gasteiger partial charge in [-0.15, -0.1) is 0 Å².